The zero-order valence-corrected chi connectivity index (χ0v) is 21.5. The maximum atomic E-state index is 13.3. The van der Waals surface area contributed by atoms with Gasteiger partial charge in [0.2, 0.25) is 0 Å². The van der Waals surface area contributed by atoms with Crippen LogP contribution in [0.3, 0.4) is 0 Å². The molecule has 0 saturated carbocycles. The maximum Gasteiger partial charge on any atom is 0.416 e. The van der Waals surface area contributed by atoms with Crippen molar-refractivity contribution in [2.75, 3.05) is 37.0 Å². The van der Waals surface area contributed by atoms with Gasteiger partial charge >= 0.3 is 6.18 Å². The first-order valence-electron chi connectivity index (χ1n) is 11.2. The quantitative estimate of drug-likeness (QED) is 0.348. The number of nitrogens with one attached hydrogen (secondary N) is 1. The number of pyridine rings is 2. The Balaban J connectivity index is 1.41. The van der Waals surface area contributed by atoms with Crippen molar-refractivity contribution in [3.05, 3.63) is 47.1 Å². The maximum absolute atomic E-state index is 13.3. The molecule has 1 atom stereocenters. The number of anilines is 2. The molecule has 0 radical (unpaired) electrons. The van der Waals surface area contributed by atoms with Gasteiger partial charge in [0.15, 0.2) is 21.7 Å². The summed E-state index contributed by atoms with van der Waals surface area (Å²) in [6, 6.07) is 3.32. The lowest BCUT2D eigenvalue weighted by molar-refractivity contribution is -0.221. The van der Waals surface area contributed by atoms with E-state index < -0.39 is 24.7 Å². The first-order chi connectivity index (χ1) is 18.1. The molecular weight excluding hydrogens is 547 g/mol. The number of amides is 1. The van der Waals surface area contributed by atoms with Crippen LogP contribution in [0.25, 0.3) is 21.6 Å². The molecule has 198 valence electrons. The zero-order chi connectivity index (χ0) is 27.0. The average molecular weight is 566 g/mol. The molecule has 10 nitrogen and oxygen atoms in total. The van der Waals surface area contributed by atoms with E-state index in [0.29, 0.717) is 27.4 Å². The van der Waals surface area contributed by atoms with Crippen molar-refractivity contribution in [2.45, 2.75) is 19.2 Å². The van der Waals surface area contributed by atoms with Gasteiger partial charge in [-0.3, -0.25) is 15.1 Å². The molecule has 0 aromatic carbocycles. The summed E-state index contributed by atoms with van der Waals surface area (Å²) < 4.78 is 49.6. The second kappa shape index (κ2) is 10.3. The summed E-state index contributed by atoms with van der Waals surface area (Å²) in [5.74, 6) is 0.192. The van der Waals surface area contributed by atoms with Crippen LogP contribution in [0.4, 0.5) is 24.1 Å². The molecule has 0 bridgehead atoms. The fourth-order valence-electron chi connectivity index (χ4n) is 3.89. The number of aromatic nitrogens is 5. The molecule has 0 unspecified atom stereocenters. The summed E-state index contributed by atoms with van der Waals surface area (Å²) in [4.78, 5) is 36.3. The minimum absolute atomic E-state index is 0.0890. The van der Waals surface area contributed by atoms with Crippen LogP contribution in [-0.2, 0) is 4.74 Å². The molecule has 0 aliphatic carbocycles. The van der Waals surface area contributed by atoms with Gasteiger partial charge in [-0.05, 0) is 19.1 Å². The summed E-state index contributed by atoms with van der Waals surface area (Å²) in [5.41, 5.74) is 2.25. The lowest BCUT2D eigenvalue weighted by atomic mass is 10.0. The monoisotopic (exact) mass is 565 g/mol. The molecule has 0 spiro atoms. The number of alkyl halides is 3. The average Bonchev–Trinajstić information content (AvgIpc) is 3.29. The third-order valence-corrected chi connectivity index (χ3v) is 6.78. The van der Waals surface area contributed by atoms with Crippen LogP contribution in [-0.4, -0.2) is 69.9 Å². The van der Waals surface area contributed by atoms with E-state index in [2.05, 4.69) is 30.2 Å². The molecule has 15 heteroatoms. The highest BCUT2D eigenvalue weighted by Crippen LogP contribution is 2.35. The second-order valence-electron chi connectivity index (χ2n) is 8.26. The number of carbonyl (C=O) groups is 1. The van der Waals surface area contributed by atoms with E-state index in [4.69, 9.17) is 21.1 Å². The molecule has 4 aromatic rings. The Morgan fingerprint density at radius 2 is 2.00 bits per heavy atom. The first kappa shape index (κ1) is 26.0. The van der Waals surface area contributed by atoms with Crippen molar-refractivity contribution >= 4 is 50.3 Å². The van der Waals surface area contributed by atoms with Gasteiger partial charge in [0.1, 0.15) is 16.7 Å². The van der Waals surface area contributed by atoms with Crippen LogP contribution < -0.4 is 15.0 Å². The number of hydrogen-bond donors (Lipinski definition) is 1. The van der Waals surface area contributed by atoms with E-state index in [1.807, 2.05) is 0 Å². The van der Waals surface area contributed by atoms with Crippen LogP contribution in [0.1, 0.15) is 16.1 Å². The van der Waals surface area contributed by atoms with E-state index in [0.717, 1.165) is 11.3 Å². The Labute approximate surface area is 222 Å². The predicted molar refractivity (Wildman–Crippen MR) is 135 cm³/mol. The summed E-state index contributed by atoms with van der Waals surface area (Å²) in [6.07, 6.45) is -2.13. The summed E-state index contributed by atoms with van der Waals surface area (Å²) in [7, 11) is 1.48. The standard InChI is InChI=1S/C23H19ClF3N7O3S/c1-11-5-12(13-6-17(24)29-8-15(13)36-2)14(7-28-11)20(35)33-22-32-19-21(38-22)31-18(9-30-19)34-3-4-37-16(10-34)23(25,26)27/h5-9,16H,3-4,10H2,1-2H3,(H,30,32,33,35)/t16-/m1/s1. The SMILES string of the molecule is COc1cnc(Cl)cc1-c1cc(C)ncc1C(=O)Nc1nc2ncc(N3CCO[C@@H](C(F)(F)F)C3)nc2s1. The minimum atomic E-state index is -4.48. The number of carbonyl (C=O) groups excluding carboxylic acids is 1. The van der Waals surface area contributed by atoms with Gasteiger partial charge in [-0.1, -0.05) is 22.9 Å². The van der Waals surface area contributed by atoms with Crippen molar-refractivity contribution in [1.82, 2.24) is 24.9 Å². The number of thiazole rings is 1. The van der Waals surface area contributed by atoms with Crippen LogP contribution in [0.2, 0.25) is 5.15 Å². The van der Waals surface area contributed by atoms with Crippen molar-refractivity contribution in [3.63, 3.8) is 0 Å². The molecule has 1 aliphatic heterocycles. The van der Waals surface area contributed by atoms with Gasteiger partial charge in [-0.2, -0.15) is 18.2 Å². The molecule has 4 aromatic heterocycles. The smallest absolute Gasteiger partial charge is 0.416 e. The Bertz CT molecular complexity index is 1520. The fourth-order valence-corrected chi connectivity index (χ4v) is 4.84. The normalized spacial score (nSPS) is 16.1. The van der Waals surface area contributed by atoms with Gasteiger partial charge in [0.05, 0.1) is 38.2 Å². The van der Waals surface area contributed by atoms with Crippen molar-refractivity contribution in [2.24, 2.45) is 0 Å². The number of ether oxygens (including phenoxy) is 2. The molecule has 1 N–H and O–H groups in total. The highest BCUT2D eigenvalue weighted by Gasteiger charge is 2.43. The number of nitrogens with zero attached hydrogens (tertiary/aromatic N) is 6. The second-order valence-corrected chi connectivity index (χ2v) is 9.62. The topological polar surface area (TPSA) is 115 Å². The van der Waals surface area contributed by atoms with Crippen molar-refractivity contribution < 1.29 is 27.4 Å². The summed E-state index contributed by atoms with van der Waals surface area (Å²) in [5, 5.41) is 3.17. The van der Waals surface area contributed by atoms with Crippen LogP contribution >= 0.6 is 22.9 Å². The fraction of sp³-hybridized carbons (Fsp3) is 0.304. The van der Waals surface area contributed by atoms with E-state index in [-0.39, 0.29) is 40.5 Å². The first-order valence-corrected chi connectivity index (χ1v) is 12.4. The van der Waals surface area contributed by atoms with E-state index in [1.165, 1.54) is 30.6 Å². The minimum Gasteiger partial charge on any atom is -0.494 e. The third-order valence-electron chi connectivity index (χ3n) is 5.72. The van der Waals surface area contributed by atoms with Crippen molar-refractivity contribution in [3.8, 4) is 16.9 Å². The predicted octanol–water partition coefficient (Wildman–Crippen LogP) is 4.53. The lowest BCUT2D eigenvalue weighted by Crippen LogP contribution is -2.49. The Kier molecular flexibility index (Phi) is 7.03. The molecule has 1 aliphatic rings. The van der Waals surface area contributed by atoms with E-state index in [9.17, 15) is 18.0 Å². The molecular formula is C23H19ClF3N7O3S. The van der Waals surface area contributed by atoms with Crippen LogP contribution in [0.5, 0.6) is 5.75 Å². The molecule has 5 heterocycles. The molecule has 5 rings (SSSR count). The van der Waals surface area contributed by atoms with Crippen LogP contribution in [0.15, 0.2) is 30.7 Å². The third kappa shape index (κ3) is 5.33. The number of halogens is 4. The number of aryl methyl sites for hydroxylation is 1. The highest BCUT2D eigenvalue weighted by molar-refractivity contribution is 7.21. The molecule has 1 fully saturated rings. The Morgan fingerprint density at radius 3 is 2.76 bits per heavy atom. The van der Waals surface area contributed by atoms with Gasteiger partial charge in [0.25, 0.3) is 5.91 Å². The largest absolute Gasteiger partial charge is 0.494 e. The molecule has 1 amide bonds. The number of methoxy groups -OCH3 is 1. The number of rotatable bonds is 5. The lowest BCUT2D eigenvalue weighted by Gasteiger charge is -2.34. The molecule has 38 heavy (non-hydrogen) atoms. The van der Waals surface area contributed by atoms with E-state index >= 15 is 0 Å². The van der Waals surface area contributed by atoms with Gasteiger partial charge in [0, 0.05) is 29.6 Å². The highest BCUT2D eigenvalue weighted by atomic mass is 35.5. The number of morpholine rings is 1. The Hall–Kier alpha value is -3.62. The van der Waals surface area contributed by atoms with Crippen molar-refractivity contribution in [1.29, 1.82) is 0 Å². The van der Waals surface area contributed by atoms with Gasteiger partial charge in [-0.15, -0.1) is 0 Å². The summed E-state index contributed by atoms with van der Waals surface area (Å²) >= 11 is 7.14. The molecule has 1 saturated heterocycles. The van der Waals surface area contributed by atoms with Gasteiger partial charge in [-0.25, -0.2) is 15.0 Å². The zero-order valence-electron chi connectivity index (χ0n) is 19.9. The Morgan fingerprint density at radius 1 is 1.18 bits per heavy atom. The summed E-state index contributed by atoms with van der Waals surface area (Å²) in [6.45, 7) is 1.54. The number of hydrogen-bond acceptors (Lipinski definition) is 10. The van der Waals surface area contributed by atoms with Crippen LogP contribution in [0, 0.1) is 6.92 Å². The van der Waals surface area contributed by atoms with Gasteiger partial charge < -0.3 is 14.4 Å². The van der Waals surface area contributed by atoms with E-state index in [1.54, 1.807) is 19.1 Å². The number of fused-ring (bicyclic) bond motifs is 1.